The first kappa shape index (κ1) is 23.0. The molecule has 2 aromatic carbocycles. The number of aromatic nitrogens is 1. The van der Waals surface area contributed by atoms with E-state index in [1.165, 1.54) is 11.8 Å². The van der Waals surface area contributed by atoms with E-state index in [0.29, 0.717) is 27.9 Å². The summed E-state index contributed by atoms with van der Waals surface area (Å²) >= 11 is 5.82. The minimum atomic E-state index is -0.278. The van der Waals surface area contributed by atoms with Gasteiger partial charge in [-0.1, -0.05) is 54.9 Å². The van der Waals surface area contributed by atoms with Gasteiger partial charge in [0.15, 0.2) is 0 Å². The number of amides is 2. The molecule has 1 fully saturated rings. The molecule has 33 heavy (non-hydrogen) atoms. The van der Waals surface area contributed by atoms with Crippen molar-refractivity contribution < 1.29 is 9.59 Å². The zero-order valence-corrected chi connectivity index (χ0v) is 19.5. The van der Waals surface area contributed by atoms with Crippen LogP contribution in [0.2, 0.25) is 5.15 Å². The lowest BCUT2D eigenvalue weighted by atomic mass is 9.90. The maximum atomic E-state index is 13.2. The second-order valence-corrected chi connectivity index (χ2v) is 8.86. The number of hydrogen-bond donors (Lipinski definition) is 1. The predicted molar refractivity (Wildman–Crippen MR) is 132 cm³/mol. The molecule has 170 valence electrons. The van der Waals surface area contributed by atoms with Crippen LogP contribution in [0.25, 0.3) is 0 Å². The third kappa shape index (κ3) is 5.79. The van der Waals surface area contributed by atoms with Gasteiger partial charge in [-0.3, -0.25) is 9.59 Å². The average Bonchev–Trinajstić information content (AvgIpc) is 2.85. The number of pyridine rings is 1. The predicted octanol–water partition coefficient (Wildman–Crippen LogP) is 5.64. The number of likely N-dealkylation sites (tertiary alicyclic amines) is 1. The molecule has 2 amide bonds. The molecule has 0 bridgehead atoms. The van der Waals surface area contributed by atoms with Crippen molar-refractivity contribution in [1.29, 1.82) is 0 Å². The summed E-state index contributed by atoms with van der Waals surface area (Å²) in [6.07, 6.45) is 5.25. The molecule has 0 atom stereocenters. The fourth-order valence-corrected chi connectivity index (χ4v) is 4.42. The maximum Gasteiger partial charge on any atom is 0.257 e. The lowest BCUT2D eigenvalue weighted by Crippen LogP contribution is -2.39. The van der Waals surface area contributed by atoms with Gasteiger partial charge in [-0.25, -0.2) is 4.98 Å². The average molecular weight is 462 g/mol. The highest BCUT2D eigenvalue weighted by molar-refractivity contribution is 6.29. The summed E-state index contributed by atoms with van der Waals surface area (Å²) in [5.41, 5.74) is 4.00. The van der Waals surface area contributed by atoms with E-state index in [9.17, 15) is 9.59 Å². The highest BCUT2D eigenvalue weighted by Gasteiger charge is 2.24. The van der Waals surface area contributed by atoms with Crippen molar-refractivity contribution in [3.05, 3.63) is 94.3 Å². The van der Waals surface area contributed by atoms with Crippen LogP contribution in [0.4, 0.5) is 5.69 Å². The molecule has 0 saturated carbocycles. The van der Waals surface area contributed by atoms with Gasteiger partial charge in [-0.15, -0.1) is 0 Å². The number of benzene rings is 2. The monoisotopic (exact) mass is 461 g/mol. The summed E-state index contributed by atoms with van der Waals surface area (Å²) in [4.78, 5) is 31.8. The molecule has 1 saturated heterocycles. The minimum absolute atomic E-state index is 0.0134. The van der Waals surface area contributed by atoms with E-state index in [2.05, 4.69) is 34.6 Å². The summed E-state index contributed by atoms with van der Waals surface area (Å²) in [5, 5.41) is 3.27. The topological polar surface area (TPSA) is 62.3 Å². The Morgan fingerprint density at radius 3 is 2.42 bits per heavy atom. The fraction of sp³-hybridized carbons (Fsp3) is 0.296. The molecule has 2 heterocycles. The lowest BCUT2D eigenvalue weighted by molar-refractivity contribution is 0.0690. The lowest BCUT2D eigenvalue weighted by Gasteiger charge is -2.32. The highest BCUT2D eigenvalue weighted by atomic mass is 35.5. The highest BCUT2D eigenvalue weighted by Crippen LogP contribution is 2.25. The first-order chi connectivity index (χ1) is 16.0. The number of carbonyl (C=O) groups excluding carboxylic acids is 2. The van der Waals surface area contributed by atoms with Crippen LogP contribution in [-0.2, 0) is 12.8 Å². The molecule has 1 aliphatic rings. The van der Waals surface area contributed by atoms with E-state index >= 15 is 0 Å². The van der Waals surface area contributed by atoms with E-state index in [-0.39, 0.29) is 11.8 Å². The number of piperidine rings is 1. The van der Waals surface area contributed by atoms with Crippen molar-refractivity contribution in [3.63, 3.8) is 0 Å². The number of nitrogens with zero attached hydrogens (tertiary/aromatic N) is 2. The quantitative estimate of drug-likeness (QED) is 0.483. The van der Waals surface area contributed by atoms with Gasteiger partial charge < -0.3 is 10.2 Å². The molecule has 3 aromatic rings. The number of aryl methyl sites for hydroxylation is 1. The van der Waals surface area contributed by atoms with Crippen LogP contribution in [0.15, 0.2) is 66.9 Å². The number of anilines is 1. The summed E-state index contributed by atoms with van der Waals surface area (Å²) < 4.78 is 0. The first-order valence-electron chi connectivity index (χ1n) is 11.4. The van der Waals surface area contributed by atoms with E-state index in [4.69, 9.17) is 11.6 Å². The van der Waals surface area contributed by atoms with Crippen molar-refractivity contribution in [3.8, 4) is 0 Å². The van der Waals surface area contributed by atoms with Gasteiger partial charge in [0.1, 0.15) is 5.15 Å². The van der Waals surface area contributed by atoms with Crippen LogP contribution in [0.3, 0.4) is 0 Å². The Balaban J connectivity index is 1.41. The Bertz CT molecular complexity index is 1110. The molecule has 5 nitrogen and oxygen atoms in total. The van der Waals surface area contributed by atoms with Gasteiger partial charge in [-0.05, 0) is 67.0 Å². The summed E-state index contributed by atoms with van der Waals surface area (Å²) in [6.45, 7) is 3.53. The molecule has 4 rings (SSSR count). The molecule has 1 aromatic heterocycles. The maximum absolute atomic E-state index is 13.2. The third-order valence-corrected chi connectivity index (χ3v) is 6.47. The molecule has 1 N–H and O–H groups in total. The van der Waals surface area contributed by atoms with Gasteiger partial charge in [0.05, 0.1) is 5.56 Å². The van der Waals surface area contributed by atoms with Crippen LogP contribution in [0, 0.1) is 5.92 Å². The molecule has 6 heteroatoms. The fourth-order valence-electron chi connectivity index (χ4n) is 4.31. The zero-order valence-electron chi connectivity index (χ0n) is 18.8. The number of rotatable bonds is 6. The molecule has 0 aliphatic carbocycles. The van der Waals surface area contributed by atoms with Crippen molar-refractivity contribution in [1.82, 2.24) is 9.88 Å². The molecule has 0 radical (unpaired) electrons. The molecule has 1 aliphatic heterocycles. The Labute approximate surface area is 199 Å². The van der Waals surface area contributed by atoms with E-state index in [0.717, 1.165) is 44.3 Å². The van der Waals surface area contributed by atoms with Gasteiger partial charge in [0, 0.05) is 30.5 Å². The summed E-state index contributed by atoms with van der Waals surface area (Å²) in [7, 11) is 0. The summed E-state index contributed by atoms with van der Waals surface area (Å²) in [6, 6.07) is 19.3. The van der Waals surface area contributed by atoms with Crippen LogP contribution in [0.5, 0.6) is 0 Å². The Hall–Kier alpha value is -3.18. The van der Waals surface area contributed by atoms with Crippen LogP contribution < -0.4 is 5.32 Å². The molecular formula is C27H28ClN3O2. The van der Waals surface area contributed by atoms with Gasteiger partial charge in [0.25, 0.3) is 11.8 Å². The Morgan fingerprint density at radius 2 is 1.76 bits per heavy atom. The summed E-state index contributed by atoms with van der Waals surface area (Å²) in [5.74, 6) is 0.335. The van der Waals surface area contributed by atoms with Gasteiger partial charge in [0.2, 0.25) is 0 Å². The first-order valence-corrected chi connectivity index (χ1v) is 11.8. The van der Waals surface area contributed by atoms with Crippen molar-refractivity contribution >= 4 is 29.1 Å². The smallest absolute Gasteiger partial charge is 0.257 e. The van der Waals surface area contributed by atoms with E-state index < -0.39 is 0 Å². The Kier molecular flexibility index (Phi) is 7.40. The molecule has 0 unspecified atom stereocenters. The molecule has 0 spiro atoms. The van der Waals surface area contributed by atoms with Crippen molar-refractivity contribution in [2.75, 3.05) is 18.4 Å². The van der Waals surface area contributed by atoms with Crippen LogP contribution >= 0.6 is 11.6 Å². The largest absolute Gasteiger partial charge is 0.339 e. The standard InChI is InChI=1S/C27H28ClN3O2/c1-2-21-8-9-22(17-24(21)30-26(32)23-10-11-25(28)29-18-23)27(33)31-14-12-20(13-15-31)16-19-6-4-3-5-7-19/h3-11,17-18,20H,2,12-16H2,1H3,(H,30,32). The Morgan fingerprint density at radius 1 is 1.03 bits per heavy atom. The number of halogens is 1. The van der Waals surface area contributed by atoms with Gasteiger partial charge >= 0.3 is 0 Å². The number of carbonyl (C=O) groups is 2. The van der Waals surface area contributed by atoms with E-state index in [1.54, 1.807) is 18.2 Å². The second kappa shape index (κ2) is 10.6. The normalized spacial score (nSPS) is 14.2. The number of hydrogen-bond acceptors (Lipinski definition) is 3. The van der Waals surface area contributed by atoms with E-state index in [1.807, 2.05) is 30.0 Å². The molecular weight excluding hydrogens is 434 g/mol. The van der Waals surface area contributed by atoms with Crippen molar-refractivity contribution in [2.45, 2.75) is 32.6 Å². The van der Waals surface area contributed by atoms with Gasteiger partial charge in [-0.2, -0.15) is 0 Å². The van der Waals surface area contributed by atoms with Crippen LogP contribution in [-0.4, -0.2) is 34.8 Å². The SMILES string of the molecule is CCc1ccc(C(=O)N2CCC(Cc3ccccc3)CC2)cc1NC(=O)c1ccc(Cl)nc1. The number of nitrogens with one attached hydrogen (secondary N) is 1. The van der Waals surface area contributed by atoms with Crippen molar-refractivity contribution in [2.24, 2.45) is 5.92 Å². The zero-order chi connectivity index (χ0) is 23.2. The third-order valence-electron chi connectivity index (χ3n) is 6.24. The van der Waals surface area contributed by atoms with Crippen LogP contribution in [0.1, 0.15) is 51.6 Å². The second-order valence-electron chi connectivity index (χ2n) is 8.47. The minimum Gasteiger partial charge on any atom is -0.339 e.